The van der Waals surface area contributed by atoms with Gasteiger partial charge in [-0.25, -0.2) is 4.98 Å². The van der Waals surface area contributed by atoms with Gasteiger partial charge >= 0.3 is 0 Å². The molecular formula is C31H45N3O2. The van der Waals surface area contributed by atoms with Crippen LogP contribution in [0, 0.1) is 5.41 Å². The van der Waals surface area contributed by atoms with E-state index < -0.39 is 0 Å². The lowest BCUT2D eigenvalue weighted by Crippen LogP contribution is -2.35. The van der Waals surface area contributed by atoms with Crippen molar-refractivity contribution in [1.82, 2.24) is 14.9 Å². The molecule has 0 aliphatic carbocycles. The number of imidazole rings is 1. The zero-order valence-electron chi connectivity index (χ0n) is 23.0. The molecule has 1 unspecified atom stereocenters. The number of para-hydroxylation sites is 2. The van der Waals surface area contributed by atoms with Gasteiger partial charge in [-0.2, -0.15) is 0 Å². The van der Waals surface area contributed by atoms with Crippen LogP contribution < -0.4 is 10.1 Å². The summed E-state index contributed by atoms with van der Waals surface area (Å²) in [4.78, 5) is 16.9. The fourth-order valence-corrected chi connectivity index (χ4v) is 4.31. The Morgan fingerprint density at radius 3 is 2.47 bits per heavy atom. The molecule has 36 heavy (non-hydrogen) atoms. The molecule has 1 heterocycles. The van der Waals surface area contributed by atoms with Gasteiger partial charge in [0.15, 0.2) is 0 Å². The Kier molecular flexibility index (Phi) is 10.4. The van der Waals surface area contributed by atoms with Gasteiger partial charge in [0.25, 0.3) is 0 Å². The maximum Gasteiger partial charge on any atom is 0.225 e. The van der Waals surface area contributed by atoms with Gasteiger partial charge in [0.1, 0.15) is 11.6 Å². The largest absolute Gasteiger partial charge is 0.494 e. The average molecular weight is 492 g/mol. The Morgan fingerprint density at radius 1 is 1.00 bits per heavy atom. The maximum absolute atomic E-state index is 12.0. The summed E-state index contributed by atoms with van der Waals surface area (Å²) in [5, 5.41) is 3.04. The lowest BCUT2D eigenvalue weighted by Gasteiger charge is -2.17. The smallest absolute Gasteiger partial charge is 0.225 e. The molecule has 1 atom stereocenters. The number of amides is 1. The van der Waals surface area contributed by atoms with Crippen LogP contribution in [-0.4, -0.2) is 28.6 Å². The number of hydrogen-bond donors (Lipinski definition) is 1. The second-order valence-electron chi connectivity index (χ2n) is 10.9. The predicted molar refractivity (Wildman–Crippen MR) is 150 cm³/mol. The van der Waals surface area contributed by atoms with Crippen LogP contribution >= 0.6 is 0 Å². The van der Waals surface area contributed by atoms with Crippen LogP contribution in [0.1, 0.15) is 90.4 Å². The highest BCUT2D eigenvalue weighted by Crippen LogP contribution is 2.22. The number of nitrogens with one attached hydrogen (secondary N) is 1. The number of rotatable bonds is 14. The molecule has 0 saturated heterocycles. The van der Waals surface area contributed by atoms with Gasteiger partial charge in [-0.05, 0) is 67.9 Å². The molecule has 2 aromatic carbocycles. The molecule has 1 aromatic heterocycles. The highest BCUT2D eigenvalue weighted by molar-refractivity contribution is 5.81. The highest BCUT2D eigenvalue weighted by Gasteiger charge is 2.20. The fraction of sp³-hybridized carbons (Fsp3) is 0.548. The Labute approximate surface area is 217 Å². The average Bonchev–Trinajstić information content (AvgIpc) is 3.22. The first-order chi connectivity index (χ1) is 17.3. The Bertz CT molecular complexity index is 1080. The summed E-state index contributed by atoms with van der Waals surface area (Å²) in [6.45, 7) is 12.8. The van der Waals surface area contributed by atoms with Crippen molar-refractivity contribution in [2.45, 2.75) is 92.0 Å². The van der Waals surface area contributed by atoms with E-state index in [-0.39, 0.29) is 11.3 Å². The standard InChI is InChI=1S/C31H45N3O2/c1-6-24(2)25-17-19-26(20-18-25)36-23-13-12-22-34-28-15-10-9-14-27(28)33-29(34)16-8-7-11-21-32-30(35)31(3,4)5/h9-10,14-15,17-20,24H,6-8,11-13,16,21-23H2,1-5H3,(H,32,35). The van der Waals surface area contributed by atoms with Crippen LogP contribution in [0.2, 0.25) is 0 Å². The lowest BCUT2D eigenvalue weighted by molar-refractivity contribution is -0.128. The molecule has 1 amide bonds. The number of unbranched alkanes of at least 4 members (excludes halogenated alkanes) is 3. The third-order valence-electron chi connectivity index (χ3n) is 6.88. The number of hydrogen-bond acceptors (Lipinski definition) is 3. The van der Waals surface area contributed by atoms with Crippen LogP contribution in [-0.2, 0) is 17.8 Å². The van der Waals surface area contributed by atoms with Crippen molar-refractivity contribution < 1.29 is 9.53 Å². The highest BCUT2D eigenvalue weighted by atomic mass is 16.5. The summed E-state index contributed by atoms with van der Waals surface area (Å²) in [5.41, 5.74) is 3.33. The number of carbonyl (C=O) groups excluding carboxylic acids is 1. The van der Waals surface area contributed by atoms with E-state index in [0.29, 0.717) is 5.92 Å². The number of aryl methyl sites for hydroxylation is 2. The zero-order valence-corrected chi connectivity index (χ0v) is 23.0. The zero-order chi connectivity index (χ0) is 26.0. The van der Waals surface area contributed by atoms with Crippen molar-refractivity contribution in [3.8, 4) is 5.75 Å². The summed E-state index contributed by atoms with van der Waals surface area (Å²) in [7, 11) is 0. The molecule has 0 aliphatic rings. The second-order valence-corrected chi connectivity index (χ2v) is 10.9. The third-order valence-corrected chi connectivity index (χ3v) is 6.88. The van der Waals surface area contributed by atoms with Crippen LogP contribution in [0.5, 0.6) is 5.75 Å². The van der Waals surface area contributed by atoms with E-state index in [9.17, 15) is 4.79 Å². The predicted octanol–water partition coefficient (Wildman–Crippen LogP) is 7.28. The summed E-state index contributed by atoms with van der Waals surface area (Å²) < 4.78 is 8.38. The van der Waals surface area contributed by atoms with E-state index in [1.54, 1.807) is 0 Å². The molecule has 1 N–H and O–H groups in total. The van der Waals surface area contributed by atoms with Gasteiger partial charge in [0, 0.05) is 24.9 Å². The molecule has 0 fully saturated rings. The van der Waals surface area contributed by atoms with Gasteiger partial charge in [-0.3, -0.25) is 4.79 Å². The second kappa shape index (κ2) is 13.5. The molecule has 0 aliphatic heterocycles. The van der Waals surface area contributed by atoms with Gasteiger partial charge in [0.05, 0.1) is 17.6 Å². The number of carbonyl (C=O) groups is 1. The molecule has 5 heteroatoms. The first-order valence-electron chi connectivity index (χ1n) is 13.7. The molecule has 196 valence electrons. The summed E-state index contributed by atoms with van der Waals surface area (Å²) in [5.74, 6) is 2.83. The minimum Gasteiger partial charge on any atom is -0.494 e. The van der Waals surface area contributed by atoms with Gasteiger partial charge in [0.2, 0.25) is 5.91 Å². The molecule has 5 nitrogen and oxygen atoms in total. The first kappa shape index (κ1) is 27.8. The van der Waals surface area contributed by atoms with E-state index in [0.717, 1.165) is 81.7 Å². The summed E-state index contributed by atoms with van der Waals surface area (Å²) >= 11 is 0. The van der Waals surface area contributed by atoms with Crippen molar-refractivity contribution in [2.75, 3.05) is 13.2 Å². The van der Waals surface area contributed by atoms with Crippen molar-refractivity contribution >= 4 is 16.9 Å². The number of aromatic nitrogens is 2. The lowest BCUT2D eigenvalue weighted by atomic mass is 9.96. The number of benzene rings is 2. The van der Waals surface area contributed by atoms with Crippen LogP contribution in [0.4, 0.5) is 0 Å². The monoisotopic (exact) mass is 491 g/mol. The molecule has 0 radical (unpaired) electrons. The normalized spacial score (nSPS) is 12.6. The van der Waals surface area contributed by atoms with Crippen molar-refractivity contribution in [3.63, 3.8) is 0 Å². The van der Waals surface area contributed by atoms with E-state index in [1.165, 1.54) is 11.1 Å². The molecule has 0 bridgehead atoms. The molecule has 0 spiro atoms. The maximum atomic E-state index is 12.0. The summed E-state index contributed by atoms with van der Waals surface area (Å²) in [6, 6.07) is 17.0. The molecule has 3 aromatic rings. The van der Waals surface area contributed by atoms with Crippen molar-refractivity contribution in [2.24, 2.45) is 5.41 Å². The Morgan fingerprint density at radius 2 is 1.75 bits per heavy atom. The van der Waals surface area contributed by atoms with Gasteiger partial charge in [-0.15, -0.1) is 0 Å². The Balaban J connectivity index is 1.44. The molecule has 3 rings (SSSR count). The fourth-order valence-electron chi connectivity index (χ4n) is 4.31. The Hall–Kier alpha value is -2.82. The topological polar surface area (TPSA) is 56.1 Å². The van der Waals surface area contributed by atoms with E-state index >= 15 is 0 Å². The van der Waals surface area contributed by atoms with Crippen LogP contribution in [0.15, 0.2) is 48.5 Å². The number of ether oxygens (including phenoxy) is 1. The number of fused-ring (bicyclic) bond motifs is 1. The number of nitrogens with zero attached hydrogens (tertiary/aromatic N) is 2. The van der Waals surface area contributed by atoms with Crippen molar-refractivity contribution in [1.29, 1.82) is 0 Å². The van der Waals surface area contributed by atoms with Crippen molar-refractivity contribution in [3.05, 3.63) is 59.9 Å². The third kappa shape index (κ3) is 8.11. The van der Waals surface area contributed by atoms with E-state index in [4.69, 9.17) is 9.72 Å². The minimum atomic E-state index is -0.326. The van der Waals surface area contributed by atoms with Gasteiger partial charge in [-0.1, -0.05) is 65.3 Å². The molecule has 0 saturated carbocycles. The quantitative estimate of drug-likeness (QED) is 0.241. The van der Waals surface area contributed by atoms with Crippen LogP contribution in [0.25, 0.3) is 11.0 Å². The first-order valence-corrected chi connectivity index (χ1v) is 13.7. The van der Waals surface area contributed by atoms with E-state index in [2.05, 4.69) is 72.3 Å². The SMILES string of the molecule is CCC(C)c1ccc(OCCCCn2c(CCCCCNC(=O)C(C)(C)C)nc3ccccc32)cc1. The van der Waals surface area contributed by atoms with Gasteiger partial charge < -0.3 is 14.6 Å². The molecular weight excluding hydrogens is 446 g/mol. The minimum absolute atomic E-state index is 0.122. The summed E-state index contributed by atoms with van der Waals surface area (Å²) in [6.07, 6.45) is 7.32. The van der Waals surface area contributed by atoms with E-state index in [1.807, 2.05) is 20.8 Å². The van der Waals surface area contributed by atoms with Crippen LogP contribution in [0.3, 0.4) is 0 Å².